The SMILES string of the molecule is CCC(C)(CN)Nc1ncc(F)cc1F. The van der Waals surface area contributed by atoms with Crippen molar-refractivity contribution in [2.75, 3.05) is 11.9 Å². The molecule has 0 aliphatic heterocycles. The molecule has 3 N–H and O–H groups in total. The van der Waals surface area contributed by atoms with Gasteiger partial charge in [-0.2, -0.15) is 0 Å². The first-order valence-corrected chi connectivity index (χ1v) is 4.80. The Balaban J connectivity index is 2.89. The highest BCUT2D eigenvalue weighted by molar-refractivity contribution is 5.39. The number of nitrogens with two attached hydrogens (primary N) is 1. The van der Waals surface area contributed by atoms with Gasteiger partial charge < -0.3 is 11.1 Å². The van der Waals surface area contributed by atoms with Gasteiger partial charge in [0.05, 0.1) is 6.20 Å². The molecule has 0 saturated carbocycles. The van der Waals surface area contributed by atoms with E-state index in [1.807, 2.05) is 13.8 Å². The molecule has 0 spiro atoms. The minimum absolute atomic E-state index is 0.0335. The Morgan fingerprint density at radius 1 is 1.53 bits per heavy atom. The zero-order chi connectivity index (χ0) is 11.5. The van der Waals surface area contributed by atoms with Crippen LogP contribution in [0, 0.1) is 11.6 Å². The van der Waals surface area contributed by atoms with Crippen LogP contribution in [0.15, 0.2) is 12.3 Å². The molecule has 84 valence electrons. The molecule has 3 nitrogen and oxygen atoms in total. The minimum atomic E-state index is -0.705. The molecule has 0 fully saturated rings. The highest BCUT2D eigenvalue weighted by Gasteiger charge is 2.21. The zero-order valence-electron chi connectivity index (χ0n) is 8.85. The lowest BCUT2D eigenvalue weighted by Gasteiger charge is -2.28. The van der Waals surface area contributed by atoms with Crippen molar-refractivity contribution in [2.24, 2.45) is 5.73 Å². The number of pyridine rings is 1. The normalized spacial score (nSPS) is 14.7. The van der Waals surface area contributed by atoms with E-state index in [1.165, 1.54) is 0 Å². The zero-order valence-corrected chi connectivity index (χ0v) is 8.85. The molecule has 1 atom stereocenters. The molecule has 1 rings (SSSR count). The van der Waals surface area contributed by atoms with E-state index in [-0.39, 0.29) is 5.82 Å². The van der Waals surface area contributed by atoms with Crippen LogP contribution >= 0.6 is 0 Å². The summed E-state index contributed by atoms with van der Waals surface area (Å²) >= 11 is 0. The van der Waals surface area contributed by atoms with Crippen LogP contribution in [0.4, 0.5) is 14.6 Å². The Hall–Kier alpha value is -1.23. The van der Waals surface area contributed by atoms with Crippen molar-refractivity contribution < 1.29 is 8.78 Å². The summed E-state index contributed by atoms with van der Waals surface area (Å²) in [6, 6.07) is 0.794. The van der Waals surface area contributed by atoms with Gasteiger partial charge in [0.1, 0.15) is 5.82 Å². The molecule has 1 aromatic rings. The van der Waals surface area contributed by atoms with Gasteiger partial charge in [-0.1, -0.05) is 6.92 Å². The number of hydrogen-bond acceptors (Lipinski definition) is 3. The summed E-state index contributed by atoms with van der Waals surface area (Å²) in [6.07, 6.45) is 1.69. The van der Waals surface area contributed by atoms with Crippen molar-refractivity contribution in [3.8, 4) is 0 Å². The third-order valence-corrected chi connectivity index (χ3v) is 2.46. The fraction of sp³-hybridized carbons (Fsp3) is 0.500. The van der Waals surface area contributed by atoms with E-state index >= 15 is 0 Å². The maximum atomic E-state index is 13.2. The fourth-order valence-electron chi connectivity index (χ4n) is 1.08. The van der Waals surface area contributed by atoms with Crippen LogP contribution in [0.2, 0.25) is 0 Å². The summed E-state index contributed by atoms with van der Waals surface area (Å²) in [5.41, 5.74) is 5.13. The van der Waals surface area contributed by atoms with Gasteiger partial charge in [0.15, 0.2) is 11.6 Å². The predicted octanol–water partition coefficient (Wildman–Crippen LogP) is 1.90. The molecular formula is C10H15F2N3. The smallest absolute Gasteiger partial charge is 0.168 e. The molecule has 5 heteroatoms. The second kappa shape index (κ2) is 4.53. The van der Waals surface area contributed by atoms with Gasteiger partial charge in [-0.05, 0) is 13.3 Å². The van der Waals surface area contributed by atoms with Crippen molar-refractivity contribution in [2.45, 2.75) is 25.8 Å². The van der Waals surface area contributed by atoms with Crippen molar-refractivity contribution in [3.05, 3.63) is 23.9 Å². The first-order valence-electron chi connectivity index (χ1n) is 4.80. The monoisotopic (exact) mass is 215 g/mol. The maximum absolute atomic E-state index is 13.2. The summed E-state index contributed by atoms with van der Waals surface area (Å²) in [6.45, 7) is 4.14. The number of nitrogens with one attached hydrogen (secondary N) is 1. The molecule has 15 heavy (non-hydrogen) atoms. The quantitative estimate of drug-likeness (QED) is 0.806. The fourth-order valence-corrected chi connectivity index (χ4v) is 1.08. The third kappa shape index (κ3) is 2.86. The van der Waals surface area contributed by atoms with Gasteiger partial charge in [0.2, 0.25) is 0 Å². The van der Waals surface area contributed by atoms with Crippen LogP contribution in [0.1, 0.15) is 20.3 Å². The molecule has 0 aliphatic rings. The largest absolute Gasteiger partial charge is 0.361 e. The number of rotatable bonds is 4. The van der Waals surface area contributed by atoms with Crippen LogP contribution in [0.5, 0.6) is 0 Å². The Kier molecular flexibility index (Phi) is 3.57. The van der Waals surface area contributed by atoms with E-state index in [9.17, 15) is 8.78 Å². The van der Waals surface area contributed by atoms with Crippen molar-refractivity contribution in [1.82, 2.24) is 4.98 Å². The average molecular weight is 215 g/mol. The van der Waals surface area contributed by atoms with E-state index in [2.05, 4.69) is 10.3 Å². The molecule has 0 saturated heterocycles. The van der Waals surface area contributed by atoms with Gasteiger partial charge in [-0.15, -0.1) is 0 Å². The van der Waals surface area contributed by atoms with Crippen LogP contribution in [-0.4, -0.2) is 17.1 Å². The third-order valence-electron chi connectivity index (χ3n) is 2.46. The standard InChI is InChI=1S/C10H15F2N3/c1-3-10(2,6-13)15-9-8(12)4-7(11)5-14-9/h4-5H,3,6,13H2,1-2H3,(H,14,15). The molecule has 0 amide bonds. The van der Waals surface area contributed by atoms with Gasteiger partial charge in [0.25, 0.3) is 0 Å². The summed E-state index contributed by atoms with van der Waals surface area (Å²) < 4.78 is 25.8. The molecule has 1 unspecified atom stereocenters. The Labute approximate surface area is 87.7 Å². The second-order valence-corrected chi connectivity index (χ2v) is 3.73. The van der Waals surface area contributed by atoms with Crippen molar-refractivity contribution >= 4 is 5.82 Å². The van der Waals surface area contributed by atoms with E-state index in [0.717, 1.165) is 18.7 Å². The highest BCUT2D eigenvalue weighted by Crippen LogP contribution is 2.18. The molecule has 1 heterocycles. The molecule has 1 aromatic heterocycles. The van der Waals surface area contributed by atoms with E-state index in [0.29, 0.717) is 6.54 Å². The lowest BCUT2D eigenvalue weighted by atomic mass is 9.99. The summed E-state index contributed by atoms with van der Waals surface area (Å²) in [5, 5.41) is 2.87. The number of halogens is 2. The molecular weight excluding hydrogens is 200 g/mol. The molecule has 0 radical (unpaired) electrons. The Morgan fingerprint density at radius 2 is 2.20 bits per heavy atom. The summed E-state index contributed by atoms with van der Waals surface area (Å²) in [7, 11) is 0. The first kappa shape index (κ1) is 11.8. The maximum Gasteiger partial charge on any atom is 0.168 e. The lowest BCUT2D eigenvalue weighted by Crippen LogP contribution is -2.42. The number of anilines is 1. The minimum Gasteiger partial charge on any atom is -0.361 e. The van der Waals surface area contributed by atoms with Crippen LogP contribution in [0.3, 0.4) is 0 Å². The van der Waals surface area contributed by atoms with Crippen LogP contribution in [0.25, 0.3) is 0 Å². The van der Waals surface area contributed by atoms with Crippen LogP contribution in [-0.2, 0) is 0 Å². The van der Waals surface area contributed by atoms with Crippen molar-refractivity contribution in [3.63, 3.8) is 0 Å². The number of nitrogens with zero attached hydrogens (tertiary/aromatic N) is 1. The van der Waals surface area contributed by atoms with E-state index in [1.54, 1.807) is 0 Å². The van der Waals surface area contributed by atoms with Crippen LogP contribution < -0.4 is 11.1 Å². The number of hydrogen-bond donors (Lipinski definition) is 2. The van der Waals surface area contributed by atoms with E-state index in [4.69, 9.17) is 5.73 Å². The highest BCUT2D eigenvalue weighted by atomic mass is 19.1. The second-order valence-electron chi connectivity index (χ2n) is 3.73. The summed E-state index contributed by atoms with van der Waals surface area (Å²) in [5.74, 6) is -1.36. The van der Waals surface area contributed by atoms with Gasteiger partial charge >= 0.3 is 0 Å². The lowest BCUT2D eigenvalue weighted by molar-refractivity contribution is 0.495. The summed E-state index contributed by atoms with van der Waals surface area (Å²) in [4.78, 5) is 3.64. The molecule has 0 bridgehead atoms. The topological polar surface area (TPSA) is 50.9 Å². The molecule has 0 aromatic carbocycles. The average Bonchev–Trinajstić information content (AvgIpc) is 2.22. The predicted molar refractivity (Wildman–Crippen MR) is 55.5 cm³/mol. The van der Waals surface area contributed by atoms with Gasteiger partial charge in [-0.25, -0.2) is 13.8 Å². The van der Waals surface area contributed by atoms with Gasteiger partial charge in [-0.3, -0.25) is 0 Å². The van der Waals surface area contributed by atoms with Crippen molar-refractivity contribution in [1.29, 1.82) is 0 Å². The Morgan fingerprint density at radius 3 is 2.67 bits per heavy atom. The van der Waals surface area contributed by atoms with Gasteiger partial charge in [0, 0.05) is 18.2 Å². The first-order chi connectivity index (χ1) is 7.00. The van der Waals surface area contributed by atoms with E-state index < -0.39 is 17.2 Å². The Bertz CT molecular complexity index is 337. The molecule has 0 aliphatic carbocycles. The number of aromatic nitrogens is 1.